The Bertz CT molecular complexity index is 461. The molecule has 0 saturated heterocycles. The van der Waals surface area contributed by atoms with E-state index < -0.39 is 0 Å². The van der Waals surface area contributed by atoms with Crippen molar-refractivity contribution < 1.29 is 9.18 Å². The number of hydrogen-bond donors (Lipinski definition) is 2. The summed E-state index contributed by atoms with van der Waals surface area (Å²) in [5.74, 6) is -0.0761. The Kier molecular flexibility index (Phi) is 4.53. The Balaban J connectivity index is 2.07. The van der Waals surface area contributed by atoms with E-state index in [0.29, 0.717) is 23.6 Å². The fourth-order valence-electron chi connectivity index (χ4n) is 2.81. The Morgan fingerprint density at radius 2 is 2.16 bits per heavy atom. The van der Waals surface area contributed by atoms with Crippen LogP contribution < -0.4 is 11.1 Å². The smallest absolute Gasteiger partial charge is 0.251 e. The summed E-state index contributed by atoms with van der Waals surface area (Å²) in [5, 5.41) is 3.06. The zero-order valence-electron chi connectivity index (χ0n) is 11.3. The van der Waals surface area contributed by atoms with Gasteiger partial charge in [-0.05, 0) is 56.0 Å². The molecule has 104 valence electrons. The number of amides is 1. The van der Waals surface area contributed by atoms with Crippen LogP contribution in [0.15, 0.2) is 18.2 Å². The highest BCUT2D eigenvalue weighted by atomic mass is 19.1. The van der Waals surface area contributed by atoms with Crippen LogP contribution in [0.2, 0.25) is 0 Å². The minimum atomic E-state index is -0.313. The van der Waals surface area contributed by atoms with Gasteiger partial charge in [-0.1, -0.05) is 12.8 Å². The van der Waals surface area contributed by atoms with E-state index in [4.69, 9.17) is 5.73 Å². The first-order valence-corrected chi connectivity index (χ1v) is 6.89. The van der Waals surface area contributed by atoms with E-state index in [9.17, 15) is 9.18 Å². The molecular formula is C15H21FN2O. The number of benzene rings is 1. The van der Waals surface area contributed by atoms with Crippen molar-refractivity contribution in [1.82, 2.24) is 5.32 Å². The van der Waals surface area contributed by atoms with Crippen molar-refractivity contribution in [1.29, 1.82) is 0 Å². The van der Waals surface area contributed by atoms with Gasteiger partial charge in [0.25, 0.3) is 5.91 Å². The summed E-state index contributed by atoms with van der Waals surface area (Å²) in [5.41, 5.74) is 6.97. The summed E-state index contributed by atoms with van der Waals surface area (Å²) < 4.78 is 13.0. The van der Waals surface area contributed by atoms with E-state index in [1.165, 1.54) is 18.6 Å². The van der Waals surface area contributed by atoms with Gasteiger partial charge in [-0.25, -0.2) is 4.39 Å². The second-order valence-electron chi connectivity index (χ2n) is 5.32. The van der Waals surface area contributed by atoms with Gasteiger partial charge in [0.2, 0.25) is 0 Å². The highest BCUT2D eigenvalue weighted by Crippen LogP contribution is 2.24. The third kappa shape index (κ3) is 3.32. The first-order chi connectivity index (χ1) is 9.11. The monoisotopic (exact) mass is 264 g/mol. The average Bonchev–Trinajstić information content (AvgIpc) is 2.39. The lowest BCUT2D eigenvalue weighted by Gasteiger charge is -2.31. The number of halogens is 1. The topological polar surface area (TPSA) is 55.1 Å². The van der Waals surface area contributed by atoms with Gasteiger partial charge in [-0.15, -0.1) is 0 Å². The summed E-state index contributed by atoms with van der Waals surface area (Å²) in [6, 6.07) is 4.40. The van der Waals surface area contributed by atoms with Crippen LogP contribution in [0.1, 0.15) is 41.6 Å². The summed E-state index contributed by atoms with van der Waals surface area (Å²) >= 11 is 0. The lowest BCUT2D eigenvalue weighted by atomic mass is 9.84. The van der Waals surface area contributed by atoms with E-state index in [-0.39, 0.29) is 17.8 Å². The van der Waals surface area contributed by atoms with Crippen molar-refractivity contribution in [3.63, 3.8) is 0 Å². The van der Waals surface area contributed by atoms with Crippen molar-refractivity contribution in [2.75, 3.05) is 6.54 Å². The molecule has 0 radical (unpaired) electrons. The SMILES string of the molecule is Cc1cc(F)ccc1C(=O)NC1CCCCC1CN. The van der Waals surface area contributed by atoms with Crippen LogP contribution in [0.4, 0.5) is 4.39 Å². The minimum Gasteiger partial charge on any atom is -0.349 e. The molecule has 1 aromatic rings. The van der Waals surface area contributed by atoms with Gasteiger partial charge in [-0.2, -0.15) is 0 Å². The summed E-state index contributed by atoms with van der Waals surface area (Å²) in [6.07, 6.45) is 4.37. The number of aryl methyl sites for hydroxylation is 1. The maximum absolute atomic E-state index is 13.0. The molecule has 1 aliphatic carbocycles. The van der Waals surface area contributed by atoms with Crippen molar-refractivity contribution in [3.8, 4) is 0 Å². The molecule has 4 heteroatoms. The molecule has 19 heavy (non-hydrogen) atoms. The second-order valence-corrected chi connectivity index (χ2v) is 5.32. The van der Waals surface area contributed by atoms with Crippen molar-refractivity contribution in [2.45, 2.75) is 38.6 Å². The standard InChI is InChI=1S/C15H21FN2O/c1-10-8-12(16)6-7-13(10)15(19)18-14-5-3-2-4-11(14)9-17/h6-8,11,14H,2-5,9,17H2,1H3,(H,18,19). The van der Waals surface area contributed by atoms with Crippen LogP contribution in [-0.2, 0) is 0 Å². The molecule has 0 spiro atoms. The fourth-order valence-corrected chi connectivity index (χ4v) is 2.81. The second kappa shape index (κ2) is 6.15. The molecule has 1 fully saturated rings. The summed E-state index contributed by atoms with van der Waals surface area (Å²) in [6.45, 7) is 2.35. The van der Waals surface area contributed by atoms with Crippen molar-refractivity contribution >= 4 is 5.91 Å². The molecule has 1 aromatic carbocycles. The van der Waals surface area contributed by atoms with Crippen LogP contribution in [0.3, 0.4) is 0 Å². The van der Waals surface area contributed by atoms with Gasteiger partial charge >= 0.3 is 0 Å². The quantitative estimate of drug-likeness (QED) is 0.880. The zero-order chi connectivity index (χ0) is 13.8. The molecule has 0 heterocycles. The largest absolute Gasteiger partial charge is 0.349 e. The molecule has 2 unspecified atom stereocenters. The van der Waals surface area contributed by atoms with Gasteiger partial charge < -0.3 is 11.1 Å². The predicted octanol–water partition coefficient (Wildman–Crippen LogP) is 2.38. The van der Waals surface area contributed by atoms with Crippen LogP contribution >= 0.6 is 0 Å². The van der Waals surface area contributed by atoms with Crippen LogP contribution in [0, 0.1) is 18.7 Å². The summed E-state index contributed by atoms with van der Waals surface area (Å²) in [7, 11) is 0. The van der Waals surface area contributed by atoms with E-state index in [2.05, 4.69) is 5.32 Å². The van der Waals surface area contributed by atoms with Crippen LogP contribution in [0.5, 0.6) is 0 Å². The Morgan fingerprint density at radius 1 is 1.42 bits per heavy atom. The van der Waals surface area contributed by atoms with E-state index in [1.54, 1.807) is 13.0 Å². The lowest BCUT2D eigenvalue weighted by Crippen LogP contribution is -2.44. The first-order valence-electron chi connectivity index (χ1n) is 6.89. The van der Waals surface area contributed by atoms with E-state index in [0.717, 1.165) is 19.3 Å². The predicted molar refractivity (Wildman–Crippen MR) is 73.4 cm³/mol. The van der Waals surface area contributed by atoms with Gasteiger partial charge in [0.1, 0.15) is 5.82 Å². The van der Waals surface area contributed by atoms with Gasteiger partial charge in [0, 0.05) is 11.6 Å². The number of nitrogens with two attached hydrogens (primary N) is 1. The zero-order valence-corrected chi connectivity index (χ0v) is 11.3. The molecule has 2 atom stereocenters. The number of carbonyl (C=O) groups is 1. The molecule has 0 aliphatic heterocycles. The fraction of sp³-hybridized carbons (Fsp3) is 0.533. The van der Waals surface area contributed by atoms with Gasteiger partial charge in [0.05, 0.1) is 0 Å². The van der Waals surface area contributed by atoms with Crippen LogP contribution in [0.25, 0.3) is 0 Å². The van der Waals surface area contributed by atoms with E-state index >= 15 is 0 Å². The Hall–Kier alpha value is -1.42. The van der Waals surface area contributed by atoms with Gasteiger partial charge in [0.15, 0.2) is 0 Å². The first kappa shape index (κ1) is 14.0. The molecule has 0 bridgehead atoms. The molecule has 1 amide bonds. The minimum absolute atomic E-state index is 0.122. The number of rotatable bonds is 3. The third-order valence-electron chi connectivity index (χ3n) is 3.96. The van der Waals surface area contributed by atoms with Gasteiger partial charge in [-0.3, -0.25) is 4.79 Å². The Morgan fingerprint density at radius 3 is 2.84 bits per heavy atom. The summed E-state index contributed by atoms with van der Waals surface area (Å²) in [4.78, 5) is 12.2. The third-order valence-corrected chi connectivity index (χ3v) is 3.96. The number of carbonyl (C=O) groups excluding carboxylic acids is 1. The Labute approximate surface area is 113 Å². The molecule has 3 N–H and O–H groups in total. The molecule has 1 saturated carbocycles. The van der Waals surface area contributed by atoms with Crippen molar-refractivity contribution in [3.05, 3.63) is 35.1 Å². The van der Waals surface area contributed by atoms with E-state index in [1.807, 2.05) is 0 Å². The molecular weight excluding hydrogens is 243 g/mol. The highest BCUT2D eigenvalue weighted by molar-refractivity contribution is 5.95. The molecule has 0 aromatic heterocycles. The van der Waals surface area contributed by atoms with Crippen molar-refractivity contribution in [2.24, 2.45) is 11.7 Å². The molecule has 2 rings (SSSR count). The number of hydrogen-bond acceptors (Lipinski definition) is 2. The highest BCUT2D eigenvalue weighted by Gasteiger charge is 2.25. The molecule has 1 aliphatic rings. The number of nitrogens with one attached hydrogen (secondary N) is 1. The lowest BCUT2D eigenvalue weighted by molar-refractivity contribution is 0.0907. The normalized spacial score (nSPS) is 23.1. The maximum Gasteiger partial charge on any atom is 0.251 e. The van der Waals surface area contributed by atoms with Crippen LogP contribution in [-0.4, -0.2) is 18.5 Å². The maximum atomic E-state index is 13.0. The molecule has 3 nitrogen and oxygen atoms in total. The average molecular weight is 264 g/mol.